The molecule has 0 fully saturated rings. The first-order valence-electron chi connectivity index (χ1n) is 7.72. The van der Waals surface area contributed by atoms with Crippen LogP contribution in [0.1, 0.15) is 63.9 Å². The van der Waals surface area contributed by atoms with Crippen LogP contribution in [0.15, 0.2) is 18.2 Å². The largest absolute Gasteiger partial charge is 0.207 e. The molecule has 0 radical (unpaired) electrons. The van der Waals surface area contributed by atoms with Crippen LogP contribution in [0.3, 0.4) is 0 Å². The molecule has 1 unspecified atom stereocenters. The van der Waals surface area contributed by atoms with E-state index in [0.717, 1.165) is 19.3 Å². The Morgan fingerprint density at radius 1 is 0.950 bits per heavy atom. The monoisotopic (exact) mass is 302 g/mol. The molecule has 114 valence electrons. The smallest absolute Gasteiger partial charge is 0.129 e. The van der Waals surface area contributed by atoms with E-state index in [9.17, 15) is 8.78 Å². The molecular weight excluding hydrogens is 278 g/mol. The minimum atomic E-state index is -0.491. The van der Waals surface area contributed by atoms with Crippen LogP contribution in [0, 0.1) is 11.6 Å². The van der Waals surface area contributed by atoms with E-state index in [2.05, 4.69) is 6.92 Å². The predicted molar refractivity (Wildman–Crippen MR) is 82.3 cm³/mol. The Labute approximate surface area is 126 Å². The van der Waals surface area contributed by atoms with Crippen molar-refractivity contribution in [2.24, 2.45) is 0 Å². The summed E-state index contributed by atoms with van der Waals surface area (Å²) in [5.41, 5.74) is 0.121. The Morgan fingerprint density at radius 3 is 2.10 bits per heavy atom. The first-order chi connectivity index (χ1) is 9.65. The molecule has 1 aromatic carbocycles. The Hall–Kier alpha value is -0.630. The average molecular weight is 303 g/mol. The number of hydrogen-bond acceptors (Lipinski definition) is 0. The van der Waals surface area contributed by atoms with Crippen LogP contribution in [-0.4, -0.2) is 5.38 Å². The van der Waals surface area contributed by atoms with Gasteiger partial charge in [0.15, 0.2) is 0 Å². The minimum absolute atomic E-state index is 0.121. The summed E-state index contributed by atoms with van der Waals surface area (Å²) in [4.78, 5) is 0. The van der Waals surface area contributed by atoms with Gasteiger partial charge in [0.05, 0.1) is 0 Å². The lowest BCUT2D eigenvalue weighted by atomic mass is 10.0. The molecule has 0 bridgehead atoms. The predicted octanol–water partition coefficient (Wildman–Crippen LogP) is 6.26. The lowest BCUT2D eigenvalue weighted by Crippen LogP contribution is -2.07. The van der Waals surface area contributed by atoms with Crippen LogP contribution in [0.5, 0.6) is 0 Å². The standard InChI is InChI=1S/C17H25ClF2/c1-2-3-4-5-6-7-8-10-14(18)13-15-16(19)11-9-12-17(15)20/h9,11-12,14H,2-8,10,13H2,1H3. The molecule has 0 spiro atoms. The van der Waals surface area contributed by atoms with Gasteiger partial charge in [0.25, 0.3) is 0 Å². The Balaban J connectivity index is 2.19. The molecule has 0 saturated carbocycles. The number of benzene rings is 1. The topological polar surface area (TPSA) is 0 Å². The van der Waals surface area contributed by atoms with Crippen molar-refractivity contribution < 1.29 is 8.78 Å². The first kappa shape index (κ1) is 17.4. The highest BCUT2D eigenvalue weighted by atomic mass is 35.5. The molecule has 20 heavy (non-hydrogen) atoms. The summed E-state index contributed by atoms with van der Waals surface area (Å²) in [5.74, 6) is -0.981. The van der Waals surface area contributed by atoms with Crippen LogP contribution in [0.4, 0.5) is 8.78 Å². The summed E-state index contributed by atoms with van der Waals surface area (Å²) in [6.07, 6.45) is 9.69. The summed E-state index contributed by atoms with van der Waals surface area (Å²) in [7, 11) is 0. The zero-order valence-corrected chi connectivity index (χ0v) is 13.1. The van der Waals surface area contributed by atoms with Gasteiger partial charge in [-0.05, 0) is 25.0 Å². The number of rotatable bonds is 10. The maximum atomic E-state index is 13.5. The van der Waals surface area contributed by atoms with Crippen LogP contribution >= 0.6 is 11.6 Å². The van der Waals surface area contributed by atoms with Crippen molar-refractivity contribution in [3.8, 4) is 0 Å². The second kappa shape index (κ2) is 10.1. The Bertz CT molecular complexity index is 359. The molecule has 0 aliphatic carbocycles. The van der Waals surface area contributed by atoms with Gasteiger partial charge in [-0.25, -0.2) is 8.78 Å². The van der Waals surface area contributed by atoms with E-state index < -0.39 is 11.6 Å². The van der Waals surface area contributed by atoms with Gasteiger partial charge in [-0.3, -0.25) is 0 Å². The van der Waals surface area contributed by atoms with Gasteiger partial charge >= 0.3 is 0 Å². The summed E-state index contributed by atoms with van der Waals surface area (Å²) >= 11 is 6.19. The number of halogens is 3. The van der Waals surface area contributed by atoms with Gasteiger partial charge in [-0.15, -0.1) is 11.6 Å². The zero-order valence-electron chi connectivity index (χ0n) is 12.3. The molecule has 0 heterocycles. The van der Waals surface area contributed by atoms with Crippen LogP contribution in [0.25, 0.3) is 0 Å². The van der Waals surface area contributed by atoms with Gasteiger partial charge in [0.2, 0.25) is 0 Å². The fourth-order valence-electron chi connectivity index (χ4n) is 2.37. The Morgan fingerprint density at radius 2 is 1.50 bits per heavy atom. The quantitative estimate of drug-likeness (QED) is 0.354. The van der Waals surface area contributed by atoms with E-state index in [1.54, 1.807) is 0 Å². The molecule has 3 heteroatoms. The molecule has 1 atom stereocenters. The highest BCUT2D eigenvalue weighted by Gasteiger charge is 2.13. The molecule has 0 saturated heterocycles. The van der Waals surface area contributed by atoms with Crippen molar-refractivity contribution in [2.45, 2.75) is 70.1 Å². The van der Waals surface area contributed by atoms with Crippen molar-refractivity contribution in [1.29, 1.82) is 0 Å². The fraction of sp³-hybridized carbons (Fsp3) is 0.647. The SMILES string of the molecule is CCCCCCCCCC(Cl)Cc1c(F)cccc1F. The third-order valence-electron chi connectivity index (χ3n) is 3.61. The molecule has 0 aliphatic rings. The van der Waals surface area contributed by atoms with Crippen LogP contribution in [0.2, 0.25) is 0 Å². The van der Waals surface area contributed by atoms with Crippen molar-refractivity contribution >= 4 is 11.6 Å². The molecule has 0 aromatic heterocycles. The fourth-order valence-corrected chi connectivity index (χ4v) is 2.68. The molecular formula is C17H25ClF2. The van der Waals surface area contributed by atoms with Gasteiger partial charge < -0.3 is 0 Å². The van der Waals surface area contributed by atoms with Gasteiger partial charge in [-0.1, -0.05) is 57.9 Å². The highest BCUT2D eigenvalue weighted by Crippen LogP contribution is 2.20. The molecule has 0 nitrogen and oxygen atoms in total. The lowest BCUT2D eigenvalue weighted by molar-refractivity contribution is 0.535. The summed E-state index contributed by atoms with van der Waals surface area (Å²) in [6.45, 7) is 2.21. The van der Waals surface area contributed by atoms with Crippen molar-refractivity contribution in [1.82, 2.24) is 0 Å². The minimum Gasteiger partial charge on any atom is -0.207 e. The van der Waals surface area contributed by atoms with Crippen LogP contribution in [-0.2, 0) is 6.42 Å². The van der Waals surface area contributed by atoms with Crippen LogP contribution < -0.4 is 0 Å². The van der Waals surface area contributed by atoms with E-state index in [1.165, 1.54) is 50.3 Å². The van der Waals surface area contributed by atoms with Gasteiger partial charge in [0, 0.05) is 10.9 Å². The molecule has 0 aliphatic heterocycles. The first-order valence-corrected chi connectivity index (χ1v) is 8.15. The maximum Gasteiger partial charge on any atom is 0.129 e. The van der Waals surface area contributed by atoms with E-state index in [4.69, 9.17) is 11.6 Å². The molecule has 0 amide bonds. The second-order valence-corrected chi connectivity index (χ2v) is 6.03. The third kappa shape index (κ3) is 6.69. The third-order valence-corrected chi connectivity index (χ3v) is 3.98. The zero-order chi connectivity index (χ0) is 14.8. The molecule has 1 rings (SSSR count). The lowest BCUT2D eigenvalue weighted by Gasteiger charge is -2.11. The summed E-state index contributed by atoms with van der Waals surface area (Å²) in [6, 6.07) is 3.96. The summed E-state index contributed by atoms with van der Waals surface area (Å²) < 4.78 is 26.9. The second-order valence-electron chi connectivity index (χ2n) is 5.41. The maximum absolute atomic E-state index is 13.5. The van der Waals surface area contributed by atoms with E-state index in [-0.39, 0.29) is 17.4 Å². The highest BCUT2D eigenvalue weighted by molar-refractivity contribution is 6.20. The number of unbranched alkanes of at least 4 members (excludes halogenated alkanes) is 6. The van der Waals surface area contributed by atoms with E-state index in [0.29, 0.717) is 0 Å². The van der Waals surface area contributed by atoms with E-state index in [1.807, 2.05) is 0 Å². The summed E-state index contributed by atoms with van der Waals surface area (Å²) in [5, 5.41) is -0.183. The normalized spacial score (nSPS) is 12.6. The number of alkyl halides is 1. The van der Waals surface area contributed by atoms with Crippen molar-refractivity contribution in [2.75, 3.05) is 0 Å². The van der Waals surface area contributed by atoms with E-state index >= 15 is 0 Å². The Kier molecular flexibility index (Phi) is 8.84. The van der Waals surface area contributed by atoms with Crippen molar-refractivity contribution in [3.63, 3.8) is 0 Å². The average Bonchev–Trinajstić information content (AvgIpc) is 2.42. The van der Waals surface area contributed by atoms with Gasteiger partial charge in [-0.2, -0.15) is 0 Å². The van der Waals surface area contributed by atoms with Gasteiger partial charge in [0.1, 0.15) is 11.6 Å². The molecule has 0 N–H and O–H groups in total. The number of hydrogen-bond donors (Lipinski definition) is 0. The molecule has 1 aromatic rings. The van der Waals surface area contributed by atoms with Crippen molar-refractivity contribution in [3.05, 3.63) is 35.4 Å².